The molecule has 21 heavy (non-hydrogen) atoms. The highest BCUT2D eigenvalue weighted by Gasteiger charge is 2.17. The summed E-state index contributed by atoms with van der Waals surface area (Å²) in [6.45, 7) is 3.87. The van der Waals surface area contributed by atoms with E-state index in [-0.39, 0.29) is 17.3 Å². The lowest BCUT2D eigenvalue weighted by atomic mass is 10.0. The molecule has 0 atom stereocenters. The largest absolute Gasteiger partial charge is 0.434 e. The third-order valence-electron chi connectivity index (χ3n) is 3.11. The molecule has 2 N–H and O–H groups in total. The molecule has 0 aliphatic rings. The third kappa shape index (κ3) is 2.92. The minimum absolute atomic E-state index is 0.0452. The van der Waals surface area contributed by atoms with E-state index in [0.29, 0.717) is 18.4 Å². The van der Waals surface area contributed by atoms with Crippen molar-refractivity contribution in [3.05, 3.63) is 40.8 Å². The van der Waals surface area contributed by atoms with E-state index in [0.717, 1.165) is 17.3 Å². The number of nitrogen functional groups attached to an aromatic ring is 1. The van der Waals surface area contributed by atoms with Crippen LogP contribution in [-0.2, 0) is 12.8 Å². The molecule has 0 bridgehead atoms. The highest BCUT2D eigenvalue weighted by atomic mass is 19.1. The van der Waals surface area contributed by atoms with Crippen LogP contribution >= 0.6 is 0 Å². The summed E-state index contributed by atoms with van der Waals surface area (Å²) in [5.74, 6) is -0.317. The molecule has 1 heterocycles. The summed E-state index contributed by atoms with van der Waals surface area (Å²) in [4.78, 5) is 0. The molecule has 0 spiro atoms. The van der Waals surface area contributed by atoms with Gasteiger partial charge < -0.3 is 10.5 Å². The molecule has 6 heteroatoms. The molecule has 0 aliphatic carbocycles. The Morgan fingerprint density at radius 3 is 2.67 bits per heavy atom. The molecule has 1 aromatic heterocycles. The number of hydrogen-bond acceptors (Lipinski definition) is 5. The standard InChI is InChI=1S/C15H15FN4O/c1-3-10-11(8-17)15(20-19-13(10)4-2)21-14-7-9(16)5-6-12(14)18/h5-7H,3-4,18H2,1-2H3. The second kappa shape index (κ2) is 6.18. The predicted molar refractivity (Wildman–Crippen MR) is 76.4 cm³/mol. The molecule has 2 aromatic rings. The van der Waals surface area contributed by atoms with Crippen molar-refractivity contribution in [1.82, 2.24) is 10.2 Å². The fourth-order valence-corrected chi connectivity index (χ4v) is 2.04. The highest BCUT2D eigenvalue weighted by Crippen LogP contribution is 2.30. The molecular formula is C15H15FN4O. The van der Waals surface area contributed by atoms with Gasteiger partial charge in [0.05, 0.1) is 11.4 Å². The lowest BCUT2D eigenvalue weighted by molar-refractivity contribution is 0.449. The van der Waals surface area contributed by atoms with Crippen LogP contribution in [0.2, 0.25) is 0 Å². The maximum Gasteiger partial charge on any atom is 0.257 e. The minimum Gasteiger partial charge on any atom is -0.434 e. The molecule has 0 saturated carbocycles. The van der Waals surface area contributed by atoms with E-state index in [9.17, 15) is 9.65 Å². The minimum atomic E-state index is -0.480. The van der Waals surface area contributed by atoms with Crippen molar-refractivity contribution in [3.63, 3.8) is 0 Å². The summed E-state index contributed by atoms with van der Waals surface area (Å²) < 4.78 is 18.8. The number of aromatic nitrogens is 2. The second-order valence-corrected chi connectivity index (χ2v) is 4.41. The molecule has 0 fully saturated rings. The number of ether oxygens (including phenoxy) is 1. The zero-order valence-corrected chi connectivity index (χ0v) is 11.9. The molecule has 0 radical (unpaired) electrons. The van der Waals surface area contributed by atoms with Gasteiger partial charge >= 0.3 is 0 Å². The quantitative estimate of drug-likeness (QED) is 0.873. The highest BCUT2D eigenvalue weighted by molar-refractivity contribution is 5.55. The van der Waals surface area contributed by atoms with Gasteiger partial charge in [0, 0.05) is 6.07 Å². The van der Waals surface area contributed by atoms with Crippen molar-refractivity contribution in [2.24, 2.45) is 0 Å². The zero-order valence-electron chi connectivity index (χ0n) is 11.9. The lowest BCUT2D eigenvalue weighted by Gasteiger charge is -2.12. The Morgan fingerprint density at radius 1 is 1.29 bits per heavy atom. The van der Waals surface area contributed by atoms with Crippen molar-refractivity contribution in [2.45, 2.75) is 26.7 Å². The molecule has 0 unspecified atom stereocenters. The summed E-state index contributed by atoms with van der Waals surface area (Å²) in [7, 11) is 0. The number of nitriles is 1. The molecular weight excluding hydrogens is 271 g/mol. The number of anilines is 1. The number of nitrogens with zero attached hydrogens (tertiary/aromatic N) is 3. The number of nitrogens with two attached hydrogens (primary N) is 1. The van der Waals surface area contributed by atoms with Crippen molar-refractivity contribution in [2.75, 3.05) is 5.73 Å². The van der Waals surface area contributed by atoms with Crippen LogP contribution < -0.4 is 10.5 Å². The van der Waals surface area contributed by atoms with Gasteiger partial charge in [-0.3, -0.25) is 0 Å². The van der Waals surface area contributed by atoms with Gasteiger partial charge in [0.1, 0.15) is 17.4 Å². The van der Waals surface area contributed by atoms with E-state index in [2.05, 4.69) is 16.3 Å². The van der Waals surface area contributed by atoms with Gasteiger partial charge in [-0.25, -0.2) is 4.39 Å². The van der Waals surface area contributed by atoms with E-state index in [1.807, 2.05) is 13.8 Å². The molecule has 1 aromatic carbocycles. The summed E-state index contributed by atoms with van der Waals surface area (Å²) in [5, 5.41) is 17.3. The van der Waals surface area contributed by atoms with Gasteiger partial charge in [-0.1, -0.05) is 13.8 Å². The van der Waals surface area contributed by atoms with E-state index < -0.39 is 5.82 Å². The Morgan fingerprint density at radius 2 is 2.05 bits per heavy atom. The lowest BCUT2D eigenvalue weighted by Crippen LogP contribution is -2.05. The number of halogens is 1. The smallest absolute Gasteiger partial charge is 0.257 e. The Bertz CT molecular complexity index is 710. The molecule has 0 aliphatic heterocycles. The molecule has 0 saturated heterocycles. The SMILES string of the molecule is CCc1nnc(Oc2cc(F)ccc2N)c(C#N)c1CC. The number of hydrogen-bond donors (Lipinski definition) is 1. The Hall–Kier alpha value is -2.68. The number of rotatable bonds is 4. The van der Waals surface area contributed by atoms with E-state index in [1.54, 1.807) is 0 Å². The molecule has 0 amide bonds. The van der Waals surface area contributed by atoms with E-state index in [1.165, 1.54) is 12.1 Å². The topological polar surface area (TPSA) is 84.8 Å². The van der Waals surface area contributed by atoms with Crippen molar-refractivity contribution < 1.29 is 9.13 Å². The van der Waals surface area contributed by atoms with Gasteiger partial charge in [0.25, 0.3) is 5.88 Å². The van der Waals surface area contributed by atoms with Crippen LogP contribution in [0.25, 0.3) is 0 Å². The monoisotopic (exact) mass is 286 g/mol. The first-order chi connectivity index (χ1) is 10.1. The summed E-state index contributed by atoms with van der Waals surface area (Å²) in [6, 6.07) is 5.86. The van der Waals surface area contributed by atoms with Crippen molar-refractivity contribution >= 4 is 5.69 Å². The first-order valence-corrected chi connectivity index (χ1v) is 6.62. The summed E-state index contributed by atoms with van der Waals surface area (Å²) in [5.41, 5.74) is 7.86. The van der Waals surface area contributed by atoms with Gasteiger partial charge in [-0.2, -0.15) is 10.4 Å². The first kappa shape index (κ1) is 14.7. The Kier molecular flexibility index (Phi) is 4.33. The maximum atomic E-state index is 13.3. The van der Waals surface area contributed by atoms with Crippen LogP contribution in [0.15, 0.2) is 18.2 Å². The van der Waals surface area contributed by atoms with Gasteiger partial charge in [-0.05, 0) is 30.5 Å². The molecule has 108 valence electrons. The third-order valence-corrected chi connectivity index (χ3v) is 3.11. The fraction of sp³-hybridized carbons (Fsp3) is 0.267. The van der Waals surface area contributed by atoms with Crippen LogP contribution in [0.1, 0.15) is 30.7 Å². The van der Waals surface area contributed by atoms with Crippen LogP contribution in [0.3, 0.4) is 0 Å². The number of benzene rings is 1. The van der Waals surface area contributed by atoms with Crippen LogP contribution in [-0.4, -0.2) is 10.2 Å². The van der Waals surface area contributed by atoms with Crippen LogP contribution in [0, 0.1) is 17.1 Å². The predicted octanol–water partition coefficient (Wildman–Crippen LogP) is 2.99. The summed E-state index contributed by atoms with van der Waals surface area (Å²) in [6.07, 6.45) is 1.31. The van der Waals surface area contributed by atoms with Crippen LogP contribution in [0.4, 0.5) is 10.1 Å². The van der Waals surface area contributed by atoms with Crippen molar-refractivity contribution in [3.8, 4) is 17.7 Å². The van der Waals surface area contributed by atoms with Crippen molar-refractivity contribution in [1.29, 1.82) is 5.26 Å². The van der Waals surface area contributed by atoms with Gasteiger partial charge in [0.2, 0.25) is 0 Å². The Balaban J connectivity index is 2.50. The molecule has 2 rings (SSSR count). The average Bonchev–Trinajstić information content (AvgIpc) is 2.50. The number of aryl methyl sites for hydroxylation is 1. The maximum absolute atomic E-state index is 13.3. The average molecular weight is 286 g/mol. The first-order valence-electron chi connectivity index (χ1n) is 6.62. The summed E-state index contributed by atoms with van der Waals surface area (Å²) >= 11 is 0. The van der Waals surface area contributed by atoms with Crippen LogP contribution in [0.5, 0.6) is 11.6 Å². The second-order valence-electron chi connectivity index (χ2n) is 4.41. The van der Waals surface area contributed by atoms with Gasteiger partial charge in [0.15, 0.2) is 5.75 Å². The van der Waals surface area contributed by atoms with E-state index >= 15 is 0 Å². The molecule has 5 nitrogen and oxygen atoms in total. The zero-order chi connectivity index (χ0) is 15.4. The fourth-order valence-electron chi connectivity index (χ4n) is 2.04. The van der Waals surface area contributed by atoms with Gasteiger partial charge in [-0.15, -0.1) is 5.10 Å². The Labute approximate surface area is 122 Å². The normalized spacial score (nSPS) is 10.2. The van der Waals surface area contributed by atoms with E-state index in [4.69, 9.17) is 10.5 Å².